The Morgan fingerprint density at radius 1 is 1.20 bits per heavy atom. The summed E-state index contributed by atoms with van der Waals surface area (Å²) < 4.78 is 1.62. The zero-order valence-electron chi connectivity index (χ0n) is 12.7. The van der Waals surface area contributed by atoms with Crippen molar-refractivity contribution in [3.8, 4) is 0 Å². The number of hydrogen-bond donors (Lipinski definition) is 1. The van der Waals surface area contributed by atoms with Gasteiger partial charge in [0, 0.05) is 34.0 Å². The number of aromatic nitrogens is 2. The van der Waals surface area contributed by atoms with Crippen LogP contribution >= 0.6 is 46.5 Å². The number of nitrogens with one attached hydrogen (secondary N) is 1. The SMILES string of the molecule is O=c1nc(Nc2ccc(Cl)c([ClH+])c2)sn1CCSc1ccc(Cl)cc1. The Morgan fingerprint density at radius 3 is 2.68 bits per heavy atom. The predicted octanol–water partition coefficient (Wildman–Crippen LogP) is 4.84. The highest BCUT2D eigenvalue weighted by atomic mass is 35.5. The monoisotopic (exact) mass is 432 g/mol. The van der Waals surface area contributed by atoms with Crippen LogP contribution in [-0.2, 0) is 6.54 Å². The molecule has 0 aliphatic carbocycles. The molecule has 3 rings (SSSR count). The molecular formula is C16H13Cl3N3OS2+. The lowest BCUT2D eigenvalue weighted by molar-refractivity contribution is -0.288. The molecule has 0 amide bonds. The van der Waals surface area contributed by atoms with Crippen molar-refractivity contribution in [3.63, 3.8) is 0 Å². The average Bonchev–Trinajstić information content (AvgIpc) is 2.92. The third-order valence-electron chi connectivity index (χ3n) is 3.17. The summed E-state index contributed by atoms with van der Waals surface area (Å²) in [6.07, 6.45) is 0. The Morgan fingerprint density at radius 2 is 1.96 bits per heavy atom. The molecule has 9 heteroatoms. The molecule has 3 aromatic rings. The van der Waals surface area contributed by atoms with E-state index < -0.39 is 0 Å². The van der Waals surface area contributed by atoms with E-state index in [1.165, 1.54) is 11.5 Å². The molecule has 0 fully saturated rings. The lowest BCUT2D eigenvalue weighted by Crippen LogP contribution is -2.16. The largest absolute Gasteiger partial charge is 0.359 e. The molecule has 0 radical (unpaired) electrons. The summed E-state index contributed by atoms with van der Waals surface area (Å²) in [6, 6.07) is 12.9. The van der Waals surface area contributed by atoms with Crippen LogP contribution in [0, 0.1) is 11.6 Å². The van der Waals surface area contributed by atoms with Crippen LogP contribution in [0.25, 0.3) is 0 Å². The average molecular weight is 434 g/mol. The number of thioether (sulfide) groups is 1. The normalized spacial score (nSPS) is 10.8. The molecule has 25 heavy (non-hydrogen) atoms. The molecule has 0 unspecified atom stereocenters. The molecule has 0 spiro atoms. The molecule has 0 aliphatic heterocycles. The number of anilines is 2. The van der Waals surface area contributed by atoms with Gasteiger partial charge in [0.15, 0.2) is 11.6 Å². The Balaban J connectivity index is 1.61. The van der Waals surface area contributed by atoms with Gasteiger partial charge in [0.2, 0.25) is 10.2 Å². The number of aryl methyl sites for hydroxylation is 1. The minimum absolute atomic E-state index is 0.267. The first-order chi connectivity index (χ1) is 12.0. The standard InChI is InChI=1S/C16H12Cl3N3OS2/c17-10-1-4-12(5-2-10)24-8-7-22-16(23)21-15(25-22)20-11-3-6-13(18)14(19)9-11/h1-6,9,19H,7-8H2/p+1. The summed E-state index contributed by atoms with van der Waals surface area (Å²) in [5.41, 5.74) is 0.489. The summed E-state index contributed by atoms with van der Waals surface area (Å²) in [6.45, 7) is 0.582. The van der Waals surface area contributed by atoms with E-state index in [9.17, 15) is 4.79 Å². The molecule has 1 N–H and O–H groups in total. The van der Waals surface area contributed by atoms with Crippen LogP contribution in [0.2, 0.25) is 15.1 Å². The van der Waals surface area contributed by atoms with Gasteiger partial charge in [-0.25, -0.2) is 8.75 Å². The van der Waals surface area contributed by atoms with Crippen LogP contribution in [0.1, 0.15) is 0 Å². The van der Waals surface area contributed by atoms with Crippen molar-refractivity contribution in [2.45, 2.75) is 11.4 Å². The maximum Gasteiger partial charge on any atom is 0.359 e. The quantitative estimate of drug-likeness (QED) is 0.565. The van der Waals surface area contributed by atoms with Crippen LogP contribution in [-0.4, -0.2) is 14.7 Å². The van der Waals surface area contributed by atoms with Gasteiger partial charge in [-0.05, 0) is 47.9 Å². The zero-order chi connectivity index (χ0) is 17.8. The fourth-order valence-corrected chi connectivity index (χ4v) is 4.17. The highest BCUT2D eigenvalue weighted by molar-refractivity contribution is 7.99. The van der Waals surface area contributed by atoms with Gasteiger partial charge in [0.05, 0.1) is 0 Å². The predicted molar refractivity (Wildman–Crippen MR) is 104 cm³/mol. The summed E-state index contributed by atoms with van der Waals surface area (Å²) >= 11 is 19.9. The first-order valence-electron chi connectivity index (χ1n) is 7.21. The lowest BCUT2D eigenvalue weighted by atomic mass is 10.3. The third-order valence-corrected chi connectivity index (χ3v) is 6.12. The maximum absolute atomic E-state index is 12.0. The van der Waals surface area contributed by atoms with Crippen molar-refractivity contribution in [1.29, 1.82) is 0 Å². The van der Waals surface area contributed by atoms with Gasteiger partial charge < -0.3 is 5.32 Å². The maximum atomic E-state index is 12.0. The Bertz CT molecular complexity index is 925. The summed E-state index contributed by atoms with van der Waals surface area (Å²) in [5, 5.41) is 5.40. The summed E-state index contributed by atoms with van der Waals surface area (Å²) in [5.74, 6) is 0.764. The first-order valence-corrected chi connectivity index (χ1v) is 10.1. The van der Waals surface area contributed by atoms with Gasteiger partial charge >= 0.3 is 5.69 Å². The van der Waals surface area contributed by atoms with E-state index in [0.717, 1.165) is 16.3 Å². The molecule has 0 bridgehead atoms. The molecule has 0 saturated carbocycles. The highest BCUT2D eigenvalue weighted by Gasteiger charge is 2.10. The van der Waals surface area contributed by atoms with Crippen molar-refractivity contribution in [2.75, 3.05) is 11.1 Å². The number of benzene rings is 2. The van der Waals surface area contributed by atoms with E-state index in [1.54, 1.807) is 33.9 Å². The highest BCUT2D eigenvalue weighted by Crippen LogP contribution is 2.25. The van der Waals surface area contributed by atoms with Gasteiger partial charge in [-0.3, -0.25) is 0 Å². The van der Waals surface area contributed by atoms with Gasteiger partial charge in [0.25, 0.3) is 0 Å². The number of rotatable bonds is 6. The molecule has 1 heterocycles. The lowest BCUT2D eigenvalue weighted by Gasteiger charge is -2.02. The molecule has 0 saturated heterocycles. The minimum Gasteiger partial charge on any atom is -0.330 e. The Hall–Kier alpha value is -1.18. The van der Waals surface area contributed by atoms with Crippen molar-refractivity contribution in [1.82, 2.24) is 8.94 Å². The van der Waals surface area contributed by atoms with Crippen LogP contribution in [0.5, 0.6) is 0 Å². The topological polar surface area (TPSA) is 46.9 Å². The van der Waals surface area contributed by atoms with Crippen molar-refractivity contribution in [2.24, 2.45) is 0 Å². The molecule has 4 nitrogen and oxygen atoms in total. The minimum atomic E-state index is -0.267. The van der Waals surface area contributed by atoms with E-state index >= 15 is 0 Å². The number of nitrogens with zero attached hydrogens (tertiary/aromatic N) is 2. The number of halogens is 3. The molecular weight excluding hydrogens is 421 g/mol. The van der Waals surface area contributed by atoms with Crippen LogP contribution in [0.15, 0.2) is 52.2 Å². The summed E-state index contributed by atoms with van der Waals surface area (Å²) in [4.78, 5) is 17.1. The second kappa shape index (κ2) is 8.47. The van der Waals surface area contributed by atoms with Crippen LogP contribution < -0.4 is 11.0 Å². The van der Waals surface area contributed by atoms with E-state index in [1.807, 2.05) is 24.3 Å². The molecule has 1 aromatic heterocycles. The second-order valence-electron chi connectivity index (χ2n) is 4.97. The molecule has 2 aromatic carbocycles. The van der Waals surface area contributed by atoms with E-state index in [0.29, 0.717) is 26.7 Å². The molecule has 0 aliphatic rings. The van der Waals surface area contributed by atoms with Crippen LogP contribution in [0.4, 0.5) is 10.8 Å². The van der Waals surface area contributed by atoms with Gasteiger partial charge in [-0.2, -0.15) is 4.98 Å². The fraction of sp³-hybridized carbons (Fsp3) is 0.125. The van der Waals surface area contributed by atoms with Gasteiger partial charge in [-0.15, -0.1) is 11.8 Å². The zero-order valence-corrected chi connectivity index (χ0v) is 16.7. The Labute approximate surface area is 167 Å². The smallest absolute Gasteiger partial charge is 0.330 e. The van der Waals surface area contributed by atoms with Gasteiger partial charge in [0.1, 0.15) is 5.02 Å². The van der Waals surface area contributed by atoms with Crippen LogP contribution in [0.3, 0.4) is 0 Å². The van der Waals surface area contributed by atoms with E-state index in [4.69, 9.17) is 34.8 Å². The Kier molecular flexibility index (Phi) is 6.30. The van der Waals surface area contributed by atoms with Crippen molar-refractivity contribution >= 4 is 57.3 Å². The third kappa shape index (κ3) is 5.15. The van der Waals surface area contributed by atoms with Crippen molar-refractivity contribution < 1.29 is 11.6 Å². The van der Waals surface area contributed by atoms with Gasteiger partial charge in [-0.1, -0.05) is 23.2 Å². The molecule has 130 valence electrons. The summed E-state index contributed by atoms with van der Waals surface area (Å²) in [7, 11) is 0. The molecule has 0 atom stereocenters. The second-order valence-corrected chi connectivity index (χ2v) is 8.43. The van der Waals surface area contributed by atoms with Crippen molar-refractivity contribution in [3.05, 3.63) is 68.0 Å². The first kappa shape index (κ1) is 18.6. The van der Waals surface area contributed by atoms with E-state index in [-0.39, 0.29) is 5.69 Å². The van der Waals surface area contributed by atoms with E-state index in [2.05, 4.69) is 10.3 Å². The fourth-order valence-electron chi connectivity index (χ4n) is 1.98. The number of hydrogen-bond acceptors (Lipinski definition) is 5.